The maximum atomic E-state index is 11.0. The highest BCUT2D eigenvalue weighted by atomic mass is 16.6. The predicted molar refractivity (Wildman–Crippen MR) is 104 cm³/mol. The third-order valence-electron chi connectivity index (χ3n) is 3.00. The minimum atomic E-state index is -0.603. The summed E-state index contributed by atoms with van der Waals surface area (Å²) in [6.07, 6.45) is 0. The van der Waals surface area contributed by atoms with Gasteiger partial charge in [0.25, 0.3) is 0 Å². The molecule has 0 N–H and O–H groups in total. The van der Waals surface area contributed by atoms with Gasteiger partial charge in [0.1, 0.15) is 26.3 Å². The van der Waals surface area contributed by atoms with Gasteiger partial charge in [-0.2, -0.15) is 0 Å². The SMILES string of the molecule is [N-]=[N+]=NCC(=O)OCCOCCOCCOCCOCCOCCOC(=O)CN=[N+]=[N-]. The molecule has 0 fully saturated rings. The molecule has 176 valence electrons. The third-order valence-corrected chi connectivity index (χ3v) is 3.00. The molecule has 0 spiro atoms. The molecule has 0 aliphatic rings. The maximum absolute atomic E-state index is 11.0. The summed E-state index contributed by atoms with van der Waals surface area (Å²) in [6.45, 7) is 3.06. The molecular formula is C16H28N6O9. The molecule has 0 heterocycles. The second kappa shape index (κ2) is 23.6. The zero-order valence-corrected chi connectivity index (χ0v) is 17.3. The molecule has 0 unspecified atom stereocenters. The van der Waals surface area contributed by atoms with Crippen LogP contribution in [0.3, 0.4) is 0 Å². The zero-order valence-electron chi connectivity index (χ0n) is 17.3. The van der Waals surface area contributed by atoms with Gasteiger partial charge in [0.05, 0.1) is 66.1 Å². The van der Waals surface area contributed by atoms with E-state index < -0.39 is 11.9 Å². The fraction of sp³-hybridized carbons (Fsp3) is 0.875. The molecule has 0 aliphatic heterocycles. The van der Waals surface area contributed by atoms with Gasteiger partial charge in [-0.25, -0.2) is 0 Å². The number of ether oxygens (including phenoxy) is 7. The van der Waals surface area contributed by atoms with Gasteiger partial charge in [-0.05, 0) is 11.1 Å². The second-order valence-corrected chi connectivity index (χ2v) is 5.28. The van der Waals surface area contributed by atoms with E-state index in [1.165, 1.54) is 0 Å². The molecule has 0 aliphatic carbocycles. The Morgan fingerprint density at radius 2 is 0.774 bits per heavy atom. The molecule has 15 heteroatoms. The van der Waals surface area contributed by atoms with E-state index in [9.17, 15) is 9.59 Å². The molecule has 31 heavy (non-hydrogen) atoms. The Hall–Kier alpha value is -2.64. The van der Waals surface area contributed by atoms with Gasteiger partial charge in [0.15, 0.2) is 0 Å². The number of azide groups is 2. The largest absolute Gasteiger partial charge is 0.463 e. The second-order valence-electron chi connectivity index (χ2n) is 5.28. The molecule has 0 atom stereocenters. The first-order chi connectivity index (χ1) is 15.2. The van der Waals surface area contributed by atoms with Gasteiger partial charge in [0, 0.05) is 9.82 Å². The van der Waals surface area contributed by atoms with E-state index in [0.717, 1.165) is 0 Å². The van der Waals surface area contributed by atoms with Crippen LogP contribution in [0.1, 0.15) is 0 Å². The Morgan fingerprint density at radius 3 is 1.03 bits per heavy atom. The van der Waals surface area contributed by atoms with Crippen molar-refractivity contribution >= 4 is 11.9 Å². The smallest absolute Gasteiger partial charge is 0.311 e. The summed E-state index contributed by atoms with van der Waals surface area (Å²) in [6, 6.07) is 0. The van der Waals surface area contributed by atoms with Crippen LogP contribution in [0, 0.1) is 0 Å². The number of carbonyl (C=O) groups is 2. The van der Waals surface area contributed by atoms with Crippen molar-refractivity contribution in [1.29, 1.82) is 0 Å². The van der Waals surface area contributed by atoms with Gasteiger partial charge in [0.2, 0.25) is 0 Å². The predicted octanol–water partition coefficient (Wildman–Crippen LogP) is 0.776. The van der Waals surface area contributed by atoms with E-state index >= 15 is 0 Å². The van der Waals surface area contributed by atoms with E-state index in [4.69, 9.17) is 44.2 Å². The normalized spacial score (nSPS) is 10.1. The highest BCUT2D eigenvalue weighted by molar-refractivity contribution is 5.72. The monoisotopic (exact) mass is 448 g/mol. The Bertz CT molecular complexity index is 520. The highest BCUT2D eigenvalue weighted by Gasteiger charge is 2.00. The minimum absolute atomic E-state index is 0.0836. The summed E-state index contributed by atoms with van der Waals surface area (Å²) in [5.41, 5.74) is 16.1. The van der Waals surface area contributed by atoms with Crippen LogP contribution in [0.15, 0.2) is 10.2 Å². The molecule has 0 aromatic heterocycles. The first kappa shape index (κ1) is 28.4. The van der Waals surface area contributed by atoms with Crippen LogP contribution in [0.25, 0.3) is 20.9 Å². The van der Waals surface area contributed by atoms with Gasteiger partial charge in [-0.1, -0.05) is 10.2 Å². The van der Waals surface area contributed by atoms with Gasteiger partial charge < -0.3 is 33.2 Å². The summed E-state index contributed by atoms with van der Waals surface area (Å²) in [4.78, 5) is 26.9. The number of carbonyl (C=O) groups excluding carboxylic acids is 2. The van der Waals surface area contributed by atoms with E-state index in [-0.39, 0.29) is 39.5 Å². The Balaban J connectivity index is 3.15. The van der Waals surface area contributed by atoms with Gasteiger partial charge in [-0.3, -0.25) is 9.59 Å². The number of esters is 2. The van der Waals surface area contributed by atoms with Crippen LogP contribution in [0.2, 0.25) is 0 Å². The molecule has 0 radical (unpaired) electrons. The lowest BCUT2D eigenvalue weighted by atomic mass is 10.6. The van der Waals surface area contributed by atoms with Crippen LogP contribution in [-0.4, -0.2) is 104 Å². The lowest BCUT2D eigenvalue weighted by Gasteiger charge is -2.08. The molecule has 0 aromatic rings. The van der Waals surface area contributed by atoms with Gasteiger partial charge in [-0.15, -0.1) is 0 Å². The van der Waals surface area contributed by atoms with Crippen molar-refractivity contribution in [2.45, 2.75) is 0 Å². The van der Waals surface area contributed by atoms with Crippen molar-refractivity contribution in [3.8, 4) is 0 Å². The molecule has 15 nitrogen and oxygen atoms in total. The minimum Gasteiger partial charge on any atom is -0.463 e. The topological polar surface area (TPSA) is 196 Å². The lowest BCUT2D eigenvalue weighted by molar-refractivity contribution is -0.144. The average molecular weight is 448 g/mol. The first-order valence-corrected chi connectivity index (χ1v) is 9.42. The highest BCUT2D eigenvalue weighted by Crippen LogP contribution is 1.87. The summed E-state index contributed by atoms with van der Waals surface area (Å²) >= 11 is 0. The van der Waals surface area contributed by atoms with Crippen LogP contribution in [0.4, 0.5) is 0 Å². The van der Waals surface area contributed by atoms with Crippen molar-refractivity contribution in [3.05, 3.63) is 20.9 Å². The van der Waals surface area contributed by atoms with Crippen molar-refractivity contribution < 1.29 is 42.7 Å². The summed E-state index contributed by atoms with van der Waals surface area (Å²) in [7, 11) is 0. The van der Waals surface area contributed by atoms with Crippen LogP contribution in [0.5, 0.6) is 0 Å². The Morgan fingerprint density at radius 1 is 0.516 bits per heavy atom. The zero-order chi connectivity index (χ0) is 22.8. The molecular weight excluding hydrogens is 420 g/mol. The van der Waals surface area contributed by atoms with Crippen molar-refractivity contribution in [2.75, 3.05) is 92.4 Å². The van der Waals surface area contributed by atoms with E-state index in [0.29, 0.717) is 52.9 Å². The van der Waals surface area contributed by atoms with Crippen LogP contribution < -0.4 is 0 Å². The quantitative estimate of drug-likeness (QED) is 0.0755. The number of hydrogen-bond acceptors (Lipinski definition) is 11. The van der Waals surface area contributed by atoms with Crippen LogP contribution in [-0.2, 0) is 42.7 Å². The summed E-state index contributed by atoms with van der Waals surface area (Å²) < 4.78 is 35.8. The fourth-order valence-corrected chi connectivity index (χ4v) is 1.68. The average Bonchev–Trinajstić information content (AvgIpc) is 2.77. The number of rotatable bonds is 22. The van der Waals surface area contributed by atoms with Gasteiger partial charge >= 0.3 is 11.9 Å². The Kier molecular flexibility index (Phi) is 21.6. The number of hydrogen-bond donors (Lipinski definition) is 0. The first-order valence-electron chi connectivity index (χ1n) is 9.42. The Labute approximate surface area is 179 Å². The lowest BCUT2D eigenvalue weighted by Crippen LogP contribution is -2.16. The third kappa shape index (κ3) is 23.5. The number of nitrogens with zero attached hydrogens (tertiary/aromatic N) is 6. The molecule has 0 aromatic carbocycles. The maximum Gasteiger partial charge on any atom is 0.311 e. The molecule has 0 amide bonds. The van der Waals surface area contributed by atoms with Crippen molar-refractivity contribution in [2.24, 2.45) is 10.2 Å². The standard InChI is InChI=1S/C16H28N6O9/c17-21-19-13-15(23)30-11-9-28-7-5-26-3-1-25-2-4-27-6-8-29-10-12-31-16(24)14-20-22-18/h1-14H2. The van der Waals surface area contributed by atoms with E-state index in [1.54, 1.807) is 0 Å². The molecule has 0 saturated heterocycles. The fourth-order valence-electron chi connectivity index (χ4n) is 1.68. The summed E-state index contributed by atoms with van der Waals surface area (Å²) in [5, 5.41) is 6.16. The summed E-state index contributed by atoms with van der Waals surface area (Å²) in [5.74, 6) is -1.21. The molecule has 0 saturated carbocycles. The van der Waals surface area contributed by atoms with Crippen LogP contribution >= 0.6 is 0 Å². The molecule has 0 bridgehead atoms. The van der Waals surface area contributed by atoms with E-state index in [2.05, 4.69) is 20.1 Å². The van der Waals surface area contributed by atoms with E-state index in [1.807, 2.05) is 0 Å². The van der Waals surface area contributed by atoms with Crippen molar-refractivity contribution in [3.63, 3.8) is 0 Å². The molecule has 0 rings (SSSR count). The van der Waals surface area contributed by atoms with Crippen molar-refractivity contribution in [1.82, 2.24) is 0 Å².